The number of benzene rings is 1. The first kappa shape index (κ1) is 14.4. The fourth-order valence-corrected chi connectivity index (χ4v) is 3.62. The second-order valence-corrected chi connectivity index (χ2v) is 6.21. The van der Waals surface area contributed by atoms with Crippen molar-refractivity contribution < 1.29 is 9.90 Å². The van der Waals surface area contributed by atoms with Crippen molar-refractivity contribution in [3.8, 4) is 0 Å². The third-order valence-electron chi connectivity index (χ3n) is 3.45. The predicted molar refractivity (Wildman–Crippen MR) is 78.4 cm³/mol. The standard InChI is InChI=1S/C15H21NO2S/c1-16(9-5-2-6-10-17)15(18)14-11-12-7-3-4-8-13(12)19-14/h3-4,7-8,14,17H,2,5-6,9-11H2,1H3. The summed E-state index contributed by atoms with van der Waals surface area (Å²) in [6, 6.07) is 8.26. The van der Waals surface area contributed by atoms with E-state index in [1.807, 2.05) is 24.1 Å². The van der Waals surface area contributed by atoms with Crippen molar-refractivity contribution in [2.75, 3.05) is 20.2 Å². The molecule has 0 fully saturated rings. The Morgan fingerprint density at radius 1 is 1.37 bits per heavy atom. The van der Waals surface area contributed by atoms with Crippen LogP contribution in [0.5, 0.6) is 0 Å². The number of aliphatic hydroxyl groups excluding tert-OH is 1. The molecule has 1 atom stereocenters. The van der Waals surface area contributed by atoms with Gasteiger partial charge in [0.2, 0.25) is 5.91 Å². The number of hydrogen-bond donors (Lipinski definition) is 1. The van der Waals surface area contributed by atoms with Gasteiger partial charge in [0.15, 0.2) is 0 Å². The minimum absolute atomic E-state index is 0.0419. The Morgan fingerprint density at radius 3 is 2.89 bits per heavy atom. The average Bonchev–Trinajstić information content (AvgIpc) is 2.86. The van der Waals surface area contributed by atoms with Crippen LogP contribution in [0.25, 0.3) is 0 Å². The van der Waals surface area contributed by atoms with Gasteiger partial charge in [-0.05, 0) is 37.3 Å². The van der Waals surface area contributed by atoms with Gasteiger partial charge in [-0.3, -0.25) is 4.79 Å². The number of rotatable bonds is 6. The lowest BCUT2D eigenvalue weighted by Gasteiger charge is -2.20. The van der Waals surface area contributed by atoms with E-state index in [9.17, 15) is 4.79 Å². The van der Waals surface area contributed by atoms with Crippen LogP contribution in [0.4, 0.5) is 0 Å². The topological polar surface area (TPSA) is 40.5 Å². The van der Waals surface area contributed by atoms with Crippen LogP contribution >= 0.6 is 11.8 Å². The lowest BCUT2D eigenvalue weighted by Crippen LogP contribution is -2.35. The van der Waals surface area contributed by atoms with Crippen molar-refractivity contribution >= 4 is 17.7 Å². The van der Waals surface area contributed by atoms with Crippen LogP contribution in [-0.4, -0.2) is 41.4 Å². The van der Waals surface area contributed by atoms with Crippen LogP contribution in [0.2, 0.25) is 0 Å². The van der Waals surface area contributed by atoms with Gasteiger partial charge >= 0.3 is 0 Å². The molecular formula is C15H21NO2S. The van der Waals surface area contributed by atoms with Crippen molar-refractivity contribution in [1.82, 2.24) is 4.90 Å². The summed E-state index contributed by atoms with van der Waals surface area (Å²) >= 11 is 1.69. The van der Waals surface area contributed by atoms with Gasteiger partial charge in [0, 0.05) is 25.1 Å². The number of carbonyl (C=O) groups is 1. The maximum atomic E-state index is 12.3. The Hall–Kier alpha value is -1.00. The molecule has 104 valence electrons. The number of nitrogens with zero attached hydrogens (tertiary/aromatic N) is 1. The van der Waals surface area contributed by atoms with Crippen LogP contribution in [-0.2, 0) is 11.2 Å². The number of thioether (sulfide) groups is 1. The highest BCUT2D eigenvalue weighted by atomic mass is 32.2. The van der Waals surface area contributed by atoms with Crippen molar-refractivity contribution in [3.05, 3.63) is 29.8 Å². The zero-order valence-corrected chi connectivity index (χ0v) is 12.2. The number of aliphatic hydroxyl groups is 1. The lowest BCUT2D eigenvalue weighted by molar-refractivity contribution is -0.129. The molecule has 0 bridgehead atoms. The molecule has 4 heteroatoms. The summed E-state index contributed by atoms with van der Waals surface area (Å²) in [5.74, 6) is 0.227. The van der Waals surface area contributed by atoms with Crippen LogP contribution in [0.1, 0.15) is 24.8 Å². The molecule has 1 amide bonds. The smallest absolute Gasteiger partial charge is 0.236 e. The number of carbonyl (C=O) groups excluding carboxylic acids is 1. The molecule has 1 heterocycles. The van der Waals surface area contributed by atoms with Gasteiger partial charge in [0.05, 0.1) is 5.25 Å². The summed E-state index contributed by atoms with van der Waals surface area (Å²) in [5.41, 5.74) is 1.29. The number of unbranched alkanes of at least 4 members (excludes halogenated alkanes) is 2. The van der Waals surface area contributed by atoms with E-state index in [0.29, 0.717) is 0 Å². The number of fused-ring (bicyclic) bond motifs is 1. The lowest BCUT2D eigenvalue weighted by atomic mass is 10.1. The molecule has 0 aliphatic carbocycles. The SMILES string of the molecule is CN(CCCCCO)C(=O)C1Cc2ccccc2S1. The molecule has 19 heavy (non-hydrogen) atoms. The first-order chi connectivity index (χ1) is 9.22. The second-order valence-electron chi connectivity index (χ2n) is 4.96. The maximum absolute atomic E-state index is 12.3. The first-order valence-electron chi connectivity index (χ1n) is 6.83. The highest BCUT2D eigenvalue weighted by Gasteiger charge is 2.29. The van der Waals surface area contributed by atoms with Crippen molar-refractivity contribution in [2.45, 2.75) is 35.8 Å². The van der Waals surface area contributed by atoms with E-state index >= 15 is 0 Å². The molecule has 0 saturated heterocycles. The van der Waals surface area contributed by atoms with E-state index in [1.54, 1.807) is 11.8 Å². The molecule has 0 aromatic heterocycles. The van der Waals surface area contributed by atoms with Crippen molar-refractivity contribution in [3.63, 3.8) is 0 Å². The third kappa shape index (κ3) is 3.74. The van der Waals surface area contributed by atoms with Gasteiger partial charge in [-0.2, -0.15) is 0 Å². The molecule has 0 saturated carbocycles. The van der Waals surface area contributed by atoms with E-state index < -0.39 is 0 Å². The molecule has 1 unspecified atom stereocenters. The Labute approximate surface area is 119 Å². The molecule has 0 spiro atoms. The van der Waals surface area contributed by atoms with Crippen molar-refractivity contribution in [1.29, 1.82) is 0 Å². The summed E-state index contributed by atoms with van der Waals surface area (Å²) in [6.07, 6.45) is 3.62. The molecule has 1 N–H and O–H groups in total. The molecular weight excluding hydrogens is 258 g/mol. The van der Waals surface area contributed by atoms with Gasteiger partial charge in [0.25, 0.3) is 0 Å². The third-order valence-corrected chi connectivity index (χ3v) is 4.76. The van der Waals surface area contributed by atoms with Gasteiger partial charge in [0.1, 0.15) is 0 Å². The van der Waals surface area contributed by atoms with E-state index in [2.05, 4.69) is 12.1 Å². The Morgan fingerprint density at radius 2 is 2.16 bits per heavy atom. The van der Waals surface area contributed by atoms with E-state index in [0.717, 1.165) is 32.2 Å². The van der Waals surface area contributed by atoms with Crippen LogP contribution in [0.3, 0.4) is 0 Å². The predicted octanol–water partition coefficient (Wildman–Crippen LogP) is 2.32. The summed E-state index contributed by atoms with van der Waals surface area (Å²) in [4.78, 5) is 15.4. The first-order valence-corrected chi connectivity index (χ1v) is 7.70. The highest BCUT2D eigenvalue weighted by Crippen LogP contribution is 2.37. The largest absolute Gasteiger partial charge is 0.396 e. The molecule has 1 aliphatic rings. The summed E-state index contributed by atoms with van der Waals surface area (Å²) < 4.78 is 0. The molecule has 0 radical (unpaired) electrons. The summed E-state index contributed by atoms with van der Waals surface area (Å²) in [6.45, 7) is 1.03. The fraction of sp³-hybridized carbons (Fsp3) is 0.533. The normalized spacial score (nSPS) is 17.3. The Kier molecular flexibility index (Phi) is 5.28. The molecule has 2 rings (SSSR count). The molecule has 1 aromatic rings. The molecule has 3 nitrogen and oxygen atoms in total. The Bertz CT molecular complexity index is 411. The Balaban J connectivity index is 1.81. The molecule has 1 aliphatic heterocycles. The summed E-state index contributed by atoms with van der Waals surface area (Å²) in [7, 11) is 1.88. The van der Waals surface area contributed by atoms with Crippen LogP contribution in [0.15, 0.2) is 29.2 Å². The zero-order valence-electron chi connectivity index (χ0n) is 11.3. The van der Waals surface area contributed by atoms with E-state index in [-0.39, 0.29) is 17.8 Å². The van der Waals surface area contributed by atoms with E-state index in [1.165, 1.54) is 10.5 Å². The zero-order chi connectivity index (χ0) is 13.7. The van der Waals surface area contributed by atoms with Gasteiger partial charge < -0.3 is 10.0 Å². The second kappa shape index (κ2) is 6.96. The molecule has 1 aromatic carbocycles. The maximum Gasteiger partial charge on any atom is 0.236 e. The van der Waals surface area contributed by atoms with Gasteiger partial charge in [-0.15, -0.1) is 11.8 Å². The van der Waals surface area contributed by atoms with Crippen LogP contribution in [0, 0.1) is 0 Å². The minimum atomic E-state index is 0.0419. The monoisotopic (exact) mass is 279 g/mol. The van der Waals surface area contributed by atoms with Gasteiger partial charge in [-0.1, -0.05) is 18.2 Å². The number of amides is 1. The quantitative estimate of drug-likeness (QED) is 0.813. The van der Waals surface area contributed by atoms with Crippen molar-refractivity contribution in [2.24, 2.45) is 0 Å². The summed E-state index contributed by atoms with van der Waals surface area (Å²) in [5, 5.41) is 8.77. The van der Waals surface area contributed by atoms with Crippen LogP contribution < -0.4 is 0 Å². The minimum Gasteiger partial charge on any atom is -0.396 e. The van der Waals surface area contributed by atoms with Gasteiger partial charge in [-0.25, -0.2) is 0 Å². The average molecular weight is 279 g/mol. The number of hydrogen-bond acceptors (Lipinski definition) is 3. The van der Waals surface area contributed by atoms with E-state index in [4.69, 9.17) is 5.11 Å². The highest BCUT2D eigenvalue weighted by molar-refractivity contribution is 8.01. The fourth-order valence-electron chi connectivity index (χ4n) is 2.31.